The summed E-state index contributed by atoms with van der Waals surface area (Å²) in [6.07, 6.45) is 1.37. The third kappa shape index (κ3) is 9.13. The highest BCUT2D eigenvalue weighted by Gasteiger charge is 2.48. The van der Waals surface area contributed by atoms with Crippen molar-refractivity contribution in [2.45, 2.75) is 180 Å². The third-order valence-electron chi connectivity index (χ3n) is 8.71. The molecule has 0 radical (unpaired) electrons. The fraction of sp³-hybridized carbons (Fsp3) is 0.906. The minimum absolute atomic E-state index is 0.236. The van der Waals surface area contributed by atoms with E-state index in [-0.39, 0.29) is 28.3 Å². The lowest BCUT2D eigenvalue weighted by Gasteiger charge is -2.51. The van der Waals surface area contributed by atoms with Gasteiger partial charge in [0.25, 0.3) is 0 Å². The number of carbonyl (C=O) groups excluding carboxylic acids is 3. The van der Waals surface area contributed by atoms with Gasteiger partial charge in [0.2, 0.25) is 0 Å². The first-order valence-corrected chi connectivity index (χ1v) is 15.5. The molecular formula is C32H57N3O7. The van der Waals surface area contributed by atoms with Crippen molar-refractivity contribution >= 4 is 17.9 Å². The molecule has 1 atom stereocenters. The highest BCUT2D eigenvalue weighted by atomic mass is 16.6. The summed E-state index contributed by atoms with van der Waals surface area (Å²) < 4.78 is 17.7. The maximum absolute atomic E-state index is 13.7. The molecule has 3 saturated heterocycles. The monoisotopic (exact) mass is 595 g/mol. The zero-order valence-electron chi connectivity index (χ0n) is 28.1. The van der Waals surface area contributed by atoms with E-state index in [2.05, 4.69) is 66.0 Å². The smallest absolute Gasteiger partial charge is 0.321 e. The van der Waals surface area contributed by atoms with Gasteiger partial charge < -0.3 is 30.1 Å². The van der Waals surface area contributed by atoms with Gasteiger partial charge in [-0.05, 0) is 83.1 Å². The van der Waals surface area contributed by atoms with Crippen molar-refractivity contribution in [3.05, 3.63) is 0 Å². The first-order valence-electron chi connectivity index (χ1n) is 15.5. The Morgan fingerprint density at radius 1 is 0.619 bits per heavy atom. The molecule has 0 aromatic rings. The number of carbonyl (C=O) groups is 3. The fourth-order valence-electron chi connectivity index (χ4n) is 8.04. The number of esters is 3. The average Bonchev–Trinajstić information content (AvgIpc) is 2.70. The van der Waals surface area contributed by atoms with Crippen LogP contribution in [-0.2, 0) is 28.6 Å². The number of ether oxygens (including phenoxy) is 3. The molecule has 1 unspecified atom stereocenters. The van der Waals surface area contributed by atoms with E-state index < -0.39 is 53.5 Å². The Labute approximate surface area is 252 Å². The molecule has 3 N–H and O–H groups in total. The highest BCUT2D eigenvalue weighted by molar-refractivity contribution is 5.98. The molecule has 0 spiro atoms. The molecule has 3 rings (SSSR count). The Morgan fingerprint density at radius 2 is 0.929 bits per heavy atom. The Morgan fingerprint density at radius 3 is 1.29 bits per heavy atom. The summed E-state index contributed by atoms with van der Waals surface area (Å²) in [4.78, 5) is 40.6. The normalized spacial score (nSPS) is 27.9. The van der Waals surface area contributed by atoms with Crippen molar-refractivity contribution < 1.29 is 33.8 Å². The molecule has 0 aliphatic carbocycles. The van der Waals surface area contributed by atoms with Crippen molar-refractivity contribution in [1.82, 2.24) is 15.7 Å². The van der Waals surface area contributed by atoms with Crippen molar-refractivity contribution in [2.24, 2.45) is 5.92 Å². The van der Waals surface area contributed by atoms with Crippen LogP contribution in [0.3, 0.4) is 0 Å². The van der Waals surface area contributed by atoms with Crippen LogP contribution < -0.4 is 10.6 Å². The topological polar surface area (TPSA) is 126 Å². The first kappa shape index (κ1) is 34.7. The standard InChI is InChI=1S/C32H57N3O7/c1-27(2)14-20(15-28(3,4)33-27)40-24(36)13-23(25(37)41-21-16-29(5,6)34-30(7,8)17-21)26(38)42-22-18-31(9,10)35(39)32(11,12)19-22/h20-23,33-34,39H,13-19H2,1-12H3. The lowest BCUT2D eigenvalue weighted by molar-refractivity contribution is -0.260. The van der Waals surface area contributed by atoms with Crippen LogP contribution >= 0.6 is 0 Å². The van der Waals surface area contributed by atoms with E-state index in [1.54, 1.807) is 0 Å². The summed E-state index contributed by atoms with van der Waals surface area (Å²) in [7, 11) is 0. The second-order valence-electron chi connectivity index (χ2n) is 16.9. The Hall–Kier alpha value is -1.75. The minimum Gasteiger partial charge on any atom is -0.462 e. The zero-order valence-corrected chi connectivity index (χ0v) is 28.1. The summed E-state index contributed by atoms with van der Waals surface area (Å²) in [6, 6.07) is 0. The number of rotatable bonds is 7. The number of nitrogens with one attached hydrogen (secondary N) is 2. The number of hydrogen-bond donors (Lipinski definition) is 3. The largest absolute Gasteiger partial charge is 0.462 e. The van der Waals surface area contributed by atoms with Gasteiger partial charge in [0.05, 0.1) is 6.42 Å². The molecule has 3 aliphatic rings. The van der Waals surface area contributed by atoms with Crippen LogP contribution in [0.2, 0.25) is 0 Å². The maximum Gasteiger partial charge on any atom is 0.321 e. The van der Waals surface area contributed by atoms with E-state index in [0.717, 1.165) is 0 Å². The zero-order chi connectivity index (χ0) is 32.1. The molecule has 0 amide bonds. The molecular weight excluding hydrogens is 538 g/mol. The van der Waals surface area contributed by atoms with Gasteiger partial charge in [-0.1, -0.05) is 0 Å². The molecule has 10 heteroatoms. The van der Waals surface area contributed by atoms with E-state index >= 15 is 0 Å². The Kier molecular flexibility index (Phi) is 9.62. The molecule has 0 aromatic carbocycles. The molecule has 0 bridgehead atoms. The summed E-state index contributed by atoms with van der Waals surface area (Å²) in [5.41, 5.74) is -2.32. The lowest BCUT2D eigenvalue weighted by Crippen LogP contribution is -2.61. The van der Waals surface area contributed by atoms with Gasteiger partial charge in [-0.3, -0.25) is 14.4 Å². The third-order valence-corrected chi connectivity index (χ3v) is 8.71. The van der Waals surface area contributed by atoms with Crippen LogP contribution in [0.15, 0.2) is 0 Å². The summed E-state index contributed by atoms with van der Waals surface area (Å²) in [5.74, 6) is -3.62. The fourth-order valence-corrected chi connectivity index (χ4v) is 8.04. The second-order valence-corrected chi connectivity index (χ2v) is 16.9. The number of piperidine rings is 3. The van der Waals surface area contributed by atoms with E-state index in [0.29, 0.717) is 38.5 Å². The molecule has 3 fully saturated rings. The van der Waals surface area contributed by atoms with Gasteiger partial charge >= 0.3 is 17.9 Å². The van der Waals surface area contributed by atoms with Gasteiger partial charge in [-0.15, -0.1) is 0 Å². The van der Waals surface area contributed by atoms with Gasteiger partial charge in [-0.2, -0.15) is 5.06 Å². The average molecular weight is 596 g/mol. The van der Waals surface area contributed by atoms with Gasteiger partial charge in [-0.25, -0.2) is 0 Å². The second kappa shape index (κ2) is 11.6. The first-order chi connectivity index (χ1) is 18.8. The van der Waals surface area contributed by atoms with Crippen LogP contribution in [0, 0.1) is 5.92 Å². The predicted octanol–water partition coefficient (Wildman–Crippen LogP) is 4.65. The number of hydroxylamine groups is 2. The van der Waals surface area contributed by atoms with Gasteiger partial charge in [0.15, 0.2) is 5.92 Å². The van der Waals surface area contributed by atoms with Crippen LogP contribution in [0.4, 0.5) is 0 Å². The Bertz CT molecular complexity index is 983. The molecule has 3 aliphatic heterocycles. The molecule has 42 heavy (non-hydrogen) atoms. The number of nitrogens with zero attached hydrogens (tertiary/aromatic N) is 1. The molecule has 3 heterocycles. The van der Waals surface area contributed by atoms with Crippen molar-refractivity contribution in [3.63, 3.8) is 0 Å². The summed E-state index contributed by atoms with van der Waals surface area (Å²) in [5, 5.41) is 19.1. The predicted molar refractivity (Wildman–Crippen MR) is 160 cm³/mol. The van der Waals surface area contributed by atoms with Crippen molar-refractivity contribution in [3.8, 4) is 0 Å². The van der Waals surface area contributed by atoms with Crippen LogP contribution in [0.25, 0.3) is 0 Å². The van der Waals surface area contributed by atoms with Crippen LogP contribution in [-0.4, -0.2) is 79.7 Å². The molecule has 10 nitrogen and oxygen atoms in total. The van der Waals surface area contributed by atoms with Crippen LogP contribution in [0.5, 0.6) is 0 Å². The van der Waals surface area contributed by atoms with E-state index in [9.17, 15) is 19.6 Å². The highest BCUT2D eigenvalue weighted by Crippen LogP contribution is 2.39. The quantitative estimate of drug-likeness (QED) is 0.217. The van der Waals surface area contributed by atoms with E-state index in [1.165, 1.54) is 5.06 Å². The molecule has 0 aromatic heterocycles. The van der Waals surface area contributed by atoms with E-state index in [1.807, 2.05) is 27.7 Å². The van der Waals surface area contributed by atoms with Crippen LogP contribution in [0.1, 0.15) is 128 Å². The summed E-state index contributed by atoms with van der Waals surface area (Å²) in [6.45, 7) is 24.0. The number of hydrogen-bond acceptors (Lipinski definition) is 10. The lowest BCUT2D eigenvalue weighted by atomic mass is 9.80. The Balaban J connectivity index is 1.78. The minimum atomic E-state index is -1.44. The molecule has 0 saturated carbocycles. The van der Waals surface area contributed by atoms with Crippen molar-refractivity contribution in [1.29, 1.82) is 0 Å². The van der Waals surface area contributed by atoms with Crippen molar-refractivity contribution in [2.75, 3.05) is 0 Å². The van der Waals surface area contributed by atoms with E-state index in [4.69, 9.17) is 14.2 Å². The van der Waals surface area contributed by atoms with Gasteiger partial charge in [0.1, 0.15) is 18.3 Å². The summed E-state index contributed by atoms with van der Waals surface area (Å²) >= 11 is 0. The molecule has 242 valence electrons. The van der Waals surface area contributed by atoms with Gasteiger partial charge in [0, 0.05) is 71.8 Å². The SMILES string of the molecule is CC1(C)CC(OC(=O)CC(C(=O)OC2CC(C)(C)NC(C)(C)C2)C(=O)OC2CC(C)(C)N(O)C(C)(C)C2)CC(C)(C)N1. The maximum atomic E-state index is 13.7.